The fourth-order valence-electron chi connectivity index (χ4n) is 0.582. The predicted molar refractivity (Wildman–Crippen MR) is 47.9 cm³/mol. The minimum atomic E-state index is -4.25. The Morgan fingerprint density at radius 3 is 2.38 bits per heavy atom. The van der Waals surface area contributed by atoms with Crippen molar-refractivity contribution in [2.24, 2.45) is 5.73 Å². The molecular formula is C6H15N2O4P. The smallest absolute Gasteiger partial charge is 0.341 e. The Labute approximate surface area is 76.7 Å². The summed E-state index contributed by atoms with van der Waals surface area (Å²) < 4.78 is 10.6. The van der Waals surface area contributed by atoms with Crippen LogP contribution in [-0.4, -0.2) is 27.5 Å². The number of rotatable bonds is 4. The van der Waals surface area contributed by atoms with Crippen LogP contribution < -0.4 is 11.1 Å². The van der Waals surface area contributed by atoms with E-state index < -0.39 is 25.3 Å². The van der Waals surface area contributed by atoms with Gasteiger partial charge in [0.1, 0.15) is 5.78 Å². The molecule has 6 nitrogen and oxygen atoms in total. The zero-order valence-electron chi connectivity index (χ0n) is 7.60. The van der Waals surface area contributed by atoms with Crippen molar-refractivity contribution in [3.05, 3.63) is 0 Å². The Balaban J connectivity index is 4.15. The number of carbonyl (C=O) groups excluding carboxylic acids is 1. The van der Waals surface area contributed by atoms with Crippen molar-refractivity contribution in [1.82, 2.24) is 5.32 Å². The molecule has 0 bridgehead atoms. The Hall–Kier alpha value is -0.420. The van der Waals surface area contributed by atoms with Gasteiger partial charge >= 0.3 is 7.60 Å². The number of nitrogens with one attached hydrogen (secondary N) is 1. The molecule has 1 amide bonds. The zero-order chi connectivity index (χ0) is 10.6. The molecule has 0 rings (SSSR count). The van der Waals surface area contributed by atoms with Crippen LogP contribution in [0.5, 0.6) is 0 Å². The van der Waals surface area contributed by atoms with Crippen LogP contribution in [0, 0.1) is 0 Å². The number of nitrogens with two attached hydrogens (primary N) is 1. The molecule has 0 aliphatic rings. The largest absolute Gasteiger partial charge is 0.347 e. The molecule has 2 atom stereocenters. The summed E-state index contributed by atoms with van der Waals surface area (Å²) in [6.45, 7) is 2.95. The second-order valence-corrected chi connectivity index (χ2v) is 4.74. The van der Waals surface area contributed by atoms with E-state index in [1.54, 1.807) is 6.92 Å². The normalized spacial score (nSPS) is 16.4. The van der Waals surface area contributed by atoms with Gasteiger partial charge in [-0.1, -0.05) is 6.92 Å². The SMILES string of the molecule is CC[C@H](N)C(=O)N[C@@H](C)P(=O)(O)O. The summed E-state index contributed by atoms with van der Waals surface area (Å²) in [5.74, 6) is -1.73. The van der Waals surface area contributed by atoms with Gasteiger partial charge in [-0.25, -0.2) is 0 Å². The first-order valence-corrected chi connectivity index (χ1v) is 5.58. The van der Waals surface area contributed by atoms with Crippen LogP contribution in [0.4, 0.5) is 0 Å². The second-order valence-electron chi connectivity index (χ2n) is 2.79. The predicted octanol–water partition coefficient (Wildman–Crippen LogP) is -0.636. The van der Waals surface area contributed by atoms with E-state index >= 15 is 0 Å². The molecule has 0 aliphatic carbocycles. The van der Waals surface area contributed by atoms with E-state index in [1.807, 2.05) is 0 Å². The second kappa shape index (κ2) is 4.72. The van der Waals surface area contributed by atoms with Crippen molar-refractivity contribution in [3.63, 3.8) is 0 Å². The average molecular weight is 210 g/mol. The van der Waals surface area contributed by atoms with Gasteiger partial charge in [0, 0.05) is 0 Å². The Morgan fingerprint density at radius 1 is 1.62 bits per heavy atom. The molecule has 0 unspecified atom stereocenters. The van der Waals surface area contributed by atoms with Gasteiger partial charge in [0.15, 0.2) is 0 Å². The third-order valence-corrected chi connectivity index (χ3v) is 2.77. The van der Waals surface area contributed by atoms with Crippen LogP contribution in [0.25, 0.3) is 0 Å². The Kier molecular flexibility index (Phi) is 4.56. The molecule has 7 heteroatoms. The van der Waals surface area contributed by atoms with Crippen molar-refractivity contribution in [3.8, 4) is 0 Å². The first kappa shape index (κ1) is 12.6. The number of carbonyl (C=O) groups is 1. The van der Waals surface area contributed by atoms with Crippen LogP contribution in [-0.2, 0) is 9.36 Å². The lowest BCUT2D eigenvalue weighted by Crippen LogP contribution is -2.43. The van der Waals surface area contributed by atoms with Crippen molar-refractivity contribution in [2.75, 3.05) is 0 Å². The summed E-state index contributed by atoms with van der Waals surface area (Å²) in [5.41, 5.74) is 5.34. The molecule has 0 spiro atoms. The van der Waals surface area contributed by atoms with Gasteiger partial charge in [0.2, 0.25) is 5.91 Å². The van der Waals surface area contributed by atoms with E-state index in [-0.39, 0.29) is 0 Å². The Bertz CT molecular complexity index is 227. The highest BCUT2D eigenvalue weighted by molar-refractivity contribution is 7.52. The maximum atomic E-state index is 11.1. The molecule has 0 saturated carbocycles. The summed E-state index contributed by atoms with van der Waals surface area (Å²) in [7, 11) is -4.25. The molecule has 5 N–H and O–H groups in total. The van der Waals surface area contributed by atoms with Crippen molar-refractivity contribution in [2.45, 2.75) is 32.1 Å². The van der Waals surface area contributed by atoms with Crippen molar-refractivity contribution in [1.29, 1.82) is 0 Å². The van der Waals surface area contributed by atoms with E-state index in [0.29, 0.717) is 6.42 Å². The molecule has 0 heterocycles. The van der Waals surface area contributed by atoms with Crippen LogP contribution in [0.2, 0.25) is 0 Å². The van der Waals surface area contributed by atoms with Crippen LogP contribution in [0.1, 0.15) is 20.3 Å². The number of hydrogen-bond acceptors (Lipinski definition) is 3. The fourth-order valence-corrected chi connectivity index (χ4v) is 0.878. The summed E-state index contributed by atoms with van der Waals surface area (Å²) in [6, 6.07) is -0.714. The van der Waals surface area contributed by atoms with Gasteiger partial charge in [-0.05, 0) is 13.3 Å². The first-order valence-electron chi connectivity index (χ1n) is 3.90. The molecule has 0 aromatic rings. The highest BCUT2D eigenvalue weighted by atomic mass is 31.2. The van der Waals surface area contributed by atoms with Crippen LogP contribution >= 0.6 is 7.60 Å². The molecule has 0 aromatic carbocycles. The maximum absolute atomic E-state index is 11.1. The summed E-state index contributed by atoms with van der Waals surface area (Å²) in [5, 5.41) is 2.14. The molecular weight excluding hydrogens is 195 g/mol. The third kappa shape index (κ3) is 4.38. The molecule has 0 fully saturated rings. The van der Waals surface area contributed by atoms with Gasteiger partial charge in [-0.15, -0.1) is 0 Å². The van der Waals surface area contributed by atoms with Gasteiger partial charge in [0.05, 0.1) is 6.04 Å². The quantitative estimate of drug-likeness (QED) is 0.461. The van der Waals surface area contributed by atoms with Gasteiger partial charge in [-0.3, -0.25) is 9.36 Å². The molecule has 0 radical (unpaired) electrons. The van der Waals surface area contributed by atoms with Crippen LogP contribution in [0.15, 0.2) is 0 Å². The summed E-state index contributed by atoms with van der Waals surface area (Å²) in [6.07, 6.45) is 0.430. The molecule has 13 heavy (non-hydrogen) atoms. The standard InChI is InChI=1S/C6H15N2O4P/c1-3-5(7)6(9)8-4(2)13(10,11)12/h4-5H,3,7H2,1-2H3,(H,8,9)(H2,10,11,12)/t4-,5+/m1/s1. The van der Waals surface area contributed by atoms with Crippen LogP contribution in [0.3, 0.4) is 0 Å². The minimum Gasteiger partial charge on any atom is -0.341 e. The van der Waals surface area contributed by atoms with Crippen molar-refractivity contribution >= 4 is 13.5 Å². The van der Waals surface area contributed by atoms with Gasteiger partial charge in [0.25, 0.3) is 0 Å². The minimum absolute atomic E-state index is 0.430. The van der Waals surface area contributed by atoms with E-state index in [1.165, 1.54) is 6.92 Å². The number of amides is 1. The molecule has 78 valence electrons. The van der Waals surface area contributed by atoms with Gasteiger partial charge < -0.3 is 20.8 Å². The lowest BCUT2D eigenvalue weighted by Gasteiger charge is -2.17. The lowest BCUT2D eigenvalue weighted by molar-refractivity contribution is -0.122. The average Bonchev–Trinajstić information content (AvgIpc) is 2.01. The van der Waals surface area contributed by atoms with E-state index in [4.69, 9.17) is 15.5 Å². The van der Waals surface area contributed by atoms with E-state index in [2.05, 4.69) is 5.32 Å². The lowest BCUT2D eigenvalue weighted by atomic mass is 10.2. The summed E-state index contributed by atoms with van der Waals surface area (Å²) >= 11 is 0. The highest BCUT2D eigenvalue weighted by Crippen LogP contribution is 2.38. The van der Waals surface area contributed by atoms with Crippen molar-refractivity contribution < 1.29 is 19.1 Å². The number of hydrogen-bond donors (Lipinski definition) is 4. The van der Waals surface area contributed by atoms with E-state index in [0.717, 1.165) is 0 Å². The fraction of sp³-hybridized carbons (Fsp3) is 0.833. The Morgan fingerprint density at radius 2 is 2.08 bits per heavy atom. The maximum Gasteiger partial charge on any atom is 0.347 e. The molecule has 0 aliphatic heterocycles. The summed E-state index contributed by atoms with van der Waals surface area (Å²) in [4.78, 5) is 28.3. The van der Waals surface area contributed by atoms with E-state index in [9.17, 15) is 9.36 Å². The highest BCUT2D eigenvalue weighted by Gasteiger charge is 2.26. The third-order valence-electron chi connectivity index (χ3n) is 1.63. The molecule has 0 saturated heterocycles. The zero-order valence-corrected chi connectivity index (χ0v) is 8.49. The monoisotopic (exact) mass is 210 g/mol. The molecule has 0 aromatic heterocycles. The van der Waals surface area contributed by atoms with Gasteiger partial charge in [-0.2, -0.15) is 0 Å². The first-order chi connectivity index (χ1) is 5.79. The topological polar surface area (TPSA) is 113 Å².